The highest BCUT2D eigenvalue weighted by molar-refractivity contribution is 6.31. The van der Waals surface area contributed by atoms with Crippen LogP contribution in [0.4, 0.5) is 14.6 Å². The number of rotatable bonds is 6. The summed E-state index contributed by atoms with van der Waals surface area (Å²) >= 11 is 6.24. The maximum Gasteiger partial charge on any atom is 0.257 e. The van der Waals surface area contributed by atoms with Crippen LogP contribution in [0.2, 0.25) is 5.02 Å². The van der Waals surface area contributed by atoms with Crippen LogP contribution in [0.25, 0.3) is 11.4 Å². The van der Waals surface area contributed by atoms with E-state index in [9.17, 15) is 13.6 Å². The summed E-state index contributed by atoms with van der Waals surface area (Å²) in [5.41, 5.74) is 4.61. The Hall–Kier alpha value is -2.32. The third kappa shape index (κ3) is 4.11. The van der Waals surface area contributed by atoms with E-state index in [1.807, 2.05) is 19.1 Å². The average molecular weight is 436 g/mol. The van der Waals surface area contributed by atoms with E-state index in [1.165, 1.54) is 0 Å². The Morgan fingerprint density at radius 1 is 1.33 bits per heavy atom. The molecule has 1 aromatic heterocycles. The van der Waals surface area contributed by atoms with Crippen molar-refractivity contribution in [3.63, 3.8) is 0 Å². The van der Waals surface area contributed by atoms with Gasteiger partial charge in [0.25, 0.3) is 5.91 Å². The largest absolute Gasteiger partial charge is 0.353 e. The maximum atomic E-state index is 14.8. The molecule has 1 aliphatic heterocycles. The first-order valence-corrected chi connectivity index (χ1v) is 10.3. The van der Waals surface area contributed by atoms with Crippen molar-refractivity contribution in [3.05, 3.63) is 40.5 Å². The van der Waals surface area contributed by atoms with Gasteiger partial charge in [0.15, 0.2) is 11.5 Å². The molecule has 1 aromatic carbocycles. The monoisotopic (exact) mass is 435 g/mol. The van der Waals surface area contributed by atoms with Crippen molar-refractivity contribution in [1.29, 1.82) is 0 Å². The van der Waals surface area contributed by atoms with Crippen LogP contribution in [0.1, 0.15) is 30.4 Å². The summed E-state index contributed by atoms with van der Waals surface area (Å²) in [6.07, 6.45) is 2.35. The molecule has 4 rings (SSSR count). The van der Waals surface area contributed by atoms with Gasteiger partial charge in [0.1, 0.15) is 11.5 Å². The zero-order valence-corrected chi connectivity index (χ0v) is 17.5. The van der Waals surface area contributed by atoms with Gasteiger partial charge in [-0.1, -0.05) is 23.7 Å². The Labute approximate surface area is 178 Å². The van der Waals surface area contributed by atoms with Gasteiger partial charge in [0, 0.05) is 48.4 Å². The standard InChI is InChI=1S/C21H24ClF2N5O/c1-13-2-3-14(8-16(13)22)17-26-9-15(10-27-19(30)21(24)4-5-21)18(28-17)29-7-6-20(23,11-25)12-29/h2-3,8-9H,4-7,10-12,25H2,1H3,(H,27,30). The van der Waals surface area contributed by atoms with Crippen LogP contribution in [0.3, 0.4) is 0 Å². The van der Waals surface area contributed by atoms with Gasteiger partial charge in [-0.05, 0) is 31.4 Å². The lowest BCUT2D eigenvalue weighted by Crippen LogP contribution is -2.37. The fraction of sp³-hybridized carbons (Fsp3) is 0.476. The molecule has 1 saturated heterocycles. The molecule has 2 fully saturated rings. The van der Waals surface area contributed by atoms with E-state index in [2.05, 4.69) is 15.3 Å². The summed E-state index contributed by atoms with van der Waals surface area (Å²) in [6, 6.07) is 5.52. The zero-order valence-electron chi connectivity index (χ0n) is 16.7. The molecule has 3 N–H and O–H groups in total. The smallest absolute Gasteiger partial charge is 0.257 e. The molecule has 1 atom stereocenters. The summed E-state index contributed by atoms with van der Waals surface area (Å²) in [4.78, 5) is 22.9. The summed E-state index contributed by atoms with van der Waals surface area (Å²) < 4.78 is 28.7. The highest BCUT2D eigenvalue weighted by Crippen LogP contribution is 2.40. The zero-order chi connectivity index (χ0) is 21.5. The van der Waals surface area contributed by atoms with Crippen LogP contribution >= 0.6 is 11.6 Å². The third-order valence-corrected chi connectivity index (χ3v) is 6.18. The second-order valence-electron chi connectivity index (χ2n) is 8.18. The lowest BCUT2D eigenvalue weighted by molar-refractivity contribution is -0.127. The van der Waals surface area contributed by atoms with Crippen molar-refractivity contribution in [2.75, 3.05) is 24.5 Å². The normalized spacial score (nSPS) is 22.2. The van der Waals surface area contributed by atoms with E-state index in [1.54, 1.807) is 17.2 Å². The van der Waals surface area contributed by atoms with Gasteiger partial charge in [-0.2, -0.15) is 0 Å². The lowest BCUT2D eigenvalue weighted by Gasteiger charge is -2.23. The number of amides is 1. The van der Waals surface area contributed by atoms with E-state index in [-0.39, 0.29) is 32.5 Å². The maximum absolute atomic E-state index is 14.8. The highest BCUT2D eigenvalue weighted by Gasteiger charge is 2.50. The van der Waals surface area contributed by atoms with Crippen LogP contribution in [-0.2, 0) is 11.3 Å². The second kappa shape index (κ2) is 7.74. The van der Waals surface area contributed by atoms with Crippen molar-refractivity contribution in [2.24, 2.45) is 5.73 Å². The summed E-state index contributed by atoms with van der Waals surface area (Å²) in [5, 5.41) is 3.21. The van der Waals surface area contributed by atoms with Crippen molar-refractivity contribution in [1.82, 2.24) is 15.3 Å². The van der Waals surface area contributed by atoms with E-state index in [0.717, 1.165) is 11.1 Å². The number of nitrogens with one attached hydrogen (secondary N) is 1. The molecule has 1 amide bonds. The van der Waals surface area contributed by atoms with E-state index >= 15 is 0 Å². The first-order valence-electron chi connectivity index (χ1n) is 9.97. The van der Waals surface area contributed by atoms with E-state index in [4.69, 9.17) is 17.3 Å². The van der Waals surface area contributed by atoms with Crippen LogP contribution in [-0.4, -0.2) is 46.8 Å². The highest BCUT2D eigenvalue weighted by atomic mass is 35.5. The Balaban J connectivity index is 1.64. The van der Waals surface area contributed by atoms with Gasteiger partial charge in [-0.3, -0.25) is 4.79 Å². The number of carbonyl (C=O) groups is 1. The number of hydrogen-bond acceptors (Lipinski definition) is 5. The predicted molar refractivity (Wildman–Crippen MR) is 112 cm³/mol. The molecule has 2 aliphatic rings. The van der Waals surface area contributed by atoms with Gasteiger partial charge >= 0.3 is 0 Å². The molecule has 160 valence electrons. The molecule has 6 nitrogen and oxygen atoms in total. The predicted octanol–water partition coefficient (Wildman–Crippen LogP) is 3.10. The number of nitrogens with zero attached hydrogens (tertiary/aromatic N) is 3. The number of halogens is 3. The van der Waals surface area contributed by atoms with Crippen molar-refractivity contribution in [2.45, 2.75) is 44.1 Å². The number of carbonyl (C=O) groups excluding carboxylic acids is 1. The molecular formula is C21H24ClF2N5O. The SMILES string of the molecule is Cc1ccc(-c2ncc(CNC(=O)C3(F)CC3)c(N3CCC(F)(CN)C3)n2)cc1Cl. The topological polar surface area (TPSA) is 84.1 Å². The number of aromatic nitrogens is 2. The molecule has 2 aromatic rings. The molecular weight excluding hydrogens is 412 g/mol. The average Bonchev–Trinajstić information content (AvgIpc) is 3.37. The molecule has 0 radical (unpaired) electrons. The molecule has 1 unspecified atom stereocenters. The molecule has 1 saturated carbocycles. The van der Waals surface area contributed by atoms with Crippen LogP contribution in [0.5, 0.6) is 0 Å². The van der Waals surface area contributed by atoms with E-state index < -0.39 is 17.2 Å². The fourth-order valence-electron chi connectivity index (χ4n) is 3.52. The Bertz CT molecular complexity index is 984. The number of hydrogen-bond donors (Lipinski definition) is 2. The van der Waals surface area contributed by atoms with Crippen molar-refractivity contribution < 1.29 is 13.6 Å². The van der Waals surface area contributed by atoms with Gasteiger partial charge < -0.3 is 16.0 Å². The van der Waals surface area contributed by atoms with Crippen LogP contribution < -0.4 is 16.0 Å². The minimum Gasteiger partial charge on any atom is -0.353 e. The Morgan fingerprint density at radius 3 is 2.73 bits per heavy atom. The quantitative estimate of drug-likeness (QED) is 0.728. The molecule has 30 heavy (non-hydrogen) atoms. The van der Waals surface area contributed by atoms with E-state index in [0.29, 0.717) is 35.2 Å². The number of benzene rings is 1. The van der Waals surface area contributed by atoms with Crippen molar-refractivity contribution >= 4 is 23.3 Å². The van der Waals surface area contributed by atoms with Crippen LogP contribution in [0, 0.1) is 6.92 Å². The van der Waals surface area contributed by atoms with Gasteiger partial charge in [-0.25, -0.2) is 18.7 Å². The third-order valence-electron chi connectivity index (χ3n) is 5.78. The second-order valence-corrected chi connectivity index (χ2v) is 8.59. The Morgan fingerprint density at radius 2 is 2.10 bits per heavy atom. The number of anilines is 1. The summed E-state index contributed by atoms with van der Waals surface area (Å²) in [5.74, 6) is 0.315. The summed E-state index contributed by atoms with van der Waals surface area (Å²) in [6.45, 7) is 2.42. The van der Waals surface area contributed by atoms with Gasteiger partial charge in [-0.15, -0.1) is 0 Å². The first-order chi connectivity index (χ1) is 14.2. The number of alkyl halides is 2. The molecule has 1 aliphatic carbocycles. The molecule has 0 spiro atoms. The number of nitrogens with two attached hydrogens (primary N) is 1. The summed E-state index contributed by atoms with van der Waals surface area (Å²) in [7, 11) is 0. The fourth-order valence-corrected chi connectivity index (χ4v) is 3.70. The number of aryl methyl sites for hydroxylation is 1. The minimum atomic E-state index is -1.76. The Kier molecular flexibility index (Phi) is 5.40. The minimum absolute atomic E-state index is 0.0627. The molecule has 9 heteroatoms. The van der Waals surface area contributed by atoms with Gasteiger partial charge in [0.2, 0.25) is 0 Å². The van der Waals surface area contributed by atoms with Crippen LogP contribution in [0.15, 0.2) is 24.4 Å². The lowest BCUT2D eigenvalue weighted by atomic mass is 10.1. The first kappa shape index (κ1) is 20.9. The molecule has 0 bridgehead atoms. The molecule has 2 heterocycles. The van der Waals surface area contributed by atoms with Crippen molar-refractivity contribution in [3.8, 4) is 11.4 Å². The van der Waals surface area contributed by atoms with Gasteiger partial charge in [0.05, 0.1) is 6.54 Å².